The third-order valence-corrected chi connectivity index (χ3v) is 3.46. The van der Waals surface area contributed by atoms with Gasteiger partial charge in [-0.1, -0.05) is 47.3 Å². The molecule has 1 heterocycles. The van der Waals surface area contributed by atoms with Crippen LogP contribution in [0.15, 0.2) is 59.7 Å². The van der Waals surface area contributed by atoms with Gasteiger partial charge in [-0.3, -0.25) is 4.79 Å². The van der Waals surface area contributed by atoms with E-state index in [1.807, 2.05) is 30.3 Å². The number of halogens is 1. The SMILES string of the molecule is CNC(=O)c1nnn(/N=C/c2ccc(F)cc2)c1OCc1ccccc1. The van der Waals surface area contributed by atoms with Crippen LogP contribution in [0.1, 0.15) is 21.6 Å². The number of aromatic nitrogens is 3. The first-order valence-corrected chi connectivity index (χ1v) is 7.82. The number of carbonyl (C=O) groups excluding carboxylic acids is 1. The van der Waals surface area contributed by atoms with E-state index in [0.29, 0.717) is 5.56 Å². The largest absolute Gasteiger partial charge is 0.470 e. The molecule has 0 fully saturated rings. The standard InChI is InChI=1S/C18H16FN5O2/c1-20-17(25)16-18(26-12-14-5-3-2-4-6-14)24(23-22-16)21-11-13-7-9-15(19)10-8-13/h2-11H,12H2,1H3,(H,20,25)/b21-11+. The van der Waals surface area contributed by atoms with Crippen LogP contribution in [0.5, 0.6) is 5.88 Å². The van der Waals surface area contributed by atoms with E-state index in [-0.39, 0.29) is 24.0 Å². The third kappa shape index (κ3) is 4.10. The Hall–Kier alpha value is -3.55. The van der Waals surface area contributed by atoms with Crippen molar-refractivity contribution in [3.8, 4) is 5.88 Å². The Morgan fingerprint density at radius 1 is 1.23 bits per heavy atom. The van der Waals surface area contributed by atoms with Crippen molar-refractivity contribution in [2.75, 3.05) is 7.05 Å². The maximum absolute atomic E-state index is 13.0. The molecule has 0 saturated heterocycles. The van der Waals surface area contributed by atoms with E-state index in [1.54, 1.807) is 12.1 Å². The topological polar surface area (TPSA) is 81.4 Å². The number of benzene rings is 2. The van der Waals surface area contributed by atoms with Crippen LogP contribution < -0.4 is 10.1 Å². The molecule has 8 heteroatoms. The summed E-state index contributed by atoms with van der Waals surface area (Å²) in [4.78, 5) is 13.1. The molecule has 0 aliphatic rings. The summed E-state index contributed by atoms with van der Waals surface area (Å²) >= 11 is 0. The van der Waals surface area contributed by atoms with Crippen molar-refractivity contribution in [3.63, 3.8) is 0 Å². The Morgan fingerprint density at radius 2 is 1.96 bits per heavy atom. The highest BCUT2D eigenvalue weighted by molar-refractivity contribution is 5.94. The Balaban J connectivity index is 1.85. The summed E-state index contributed by atoms with van der Waals surface area (Å²) < 4.78 is 18.7. The quantitative estimate of drug-likeness (QED) is 0.689. The second kappa shape index (κ2) is 8.02. The van der Waals surface area contributed by atoms with Gasteiger partial charge in [0.1, 0.15) is 12.4 Å². The number of rotatable bonds is 6. The van der Waals surface area contributed by atoms with Crippen molar-refractivity contribution in [1.82, 2.24) is 20.4 Å². The maximum Gasteiger partial charge on any atom is 0.277 e. The van der Waals surface area contributed by atoms with Crippen LogP contribution in [-0.4, -0.2) is 34.3 Å². The minimum atomic E-state index is -0.434. The number of ether oxygens (including phenoxy) is 1. The summed E-state index contributed by atoms with van der Waals surface area (Å²) in [7, 11) is 1.49. The summed E-state index contributed by atoms with van der Waals surface area (Å²) in [6.07, 6.45) is 1.47. The minimum Gasteiger partial charge on any atom is -0.470 e. The lowest BCUT2D eigenvalue weighted by Crippen LogP contribution is -2.19. The molecule has 0 saturated carbocycles. The van der Waals surface area contributed by atoms with Crippen LogP contribution in [0.2, 0.25) is 0 Å². The molecule has 0 bridgehead atoms. The van der Waals surface area contributed by atoms with Gasteiger partial charge in [0.25, 0.3) is 11.8 Å². The zero-order valence-corrected chi connectivity index (χ0v) is 14.0. The second-order valence-electron chi connectivity index (χ2n) is 5.28. The zero-order valence-electron chi connectivity index (χ0n) is 14.0. The van der Waals surface area contributed by atoms with Crippen molar-refractivity contribution in [3.05, 3.63) is 77.2 Å². The van der Waals surface area contributed by atoms with Gasteiger partial charge < -0.3 is 10.1 Å². The number of carbonyl (C=O) groups is 1. The normalized spacial score (nSPS) is 10.8. The molecule has 0 aliphatic heterocycles. The van der Waals surface area contributed by atoms with Crippen LogP contribution >= 0.6 is 0 Å². The lowest BCUT2D eigenvalue weighted by molar-refractivity contribution is 0.0953. The average Bonchev–Trinajstić information content (AvgIpc) is 3.09. The first-order chi connectivity index (χ1) is 12.7. The number of nitrogens with zero attached hydrogens (tertiary/aromatic N) is 4. The molecule has 0 aliphatic carbocycles. The van der Waals surface area contributed by atoms with Crippen LogP contribution in [0.25, 0.3) is 0 Å². The van der Waals surface area contributed by atoms with Crippen molar-refractivity contribution < 1.29 is 13.9 Å². The molecule has 1 aromatic heterocycles. The Bertz CT molecular complexity index is 907. The van der Waals surface area contributed by atoms with Gasteiger partial charge >= 0.3 is 0 Å². The molecule has 2 aromatic carbocycles. The van der Waals surface area contributed by atoms with E-state index in [2.05, 4.69) is 20.7 Å². The molecule has 1 N–H and O–H groups in total. The summed E-state index contributed by atoms with van der Waals surface area (Å²) in [6, 6.07) is 15.3. The average molecular weight is 353 g/mol. The van der Waals surface area contributed by atoms with Crippen LogP contribution in [0, 0.1) is 5.82 Å². The van der Waals surface area contributed by atoms with Gasteiger partial charge in [0.2, 0.25) is 5.69 Å². The predicted octanol–water partition coefficient (Wildman–Crippen LogP) is 2.24. The molecule has 7 nitrogen and oxygen atoms in total. The van der Waals surface area contributed by atoms with Gasteiger partial charge in [0, 0.05) is 7.05 Å². The Kier molecular flexibility index (Phi) is 5.33. The molecule has 3 rings (SSSR count). The smallest absolute Gasteiger partial charge is 0.277 e. The van der Waals surface area contributed by atoms with Crippen LogP contribution in [-0.2, 0) is 6.61 Å². The highest BCUT2D eigenvalue weighted by atomic mass is 19.1. The summed E-state index contributed by atoms with van der Waals surface area (Å²) in [5.41, 5.74) is 1.61. The summed E-state index contributed by atoms with van der Waals surface area (Å²) in [5, 5.41) is 14.3. The second-order valence-corrected chi connectivity index (χ2v) is 5.28. The van der Waals surface area contributed by atoms with Crippen molar-refractivity contribution in [2.24, 2.45) is 5.10 Å². The summed E-state index contributed by atoms with van der Waals surface area (Å²) in [6.45, 7) is 0.226. The monoisotopic (exact) mass is 353 g/mol. The van der Waals surface area contributed by atoms with Crippen LogP contribution in [0.3, 0.4) is 0 Å². The molecular weight excluding hydrogens is 337 g/mol. The van der Waals surface area contributed by atoms with Crippen LogP contribution in [0.4, 0.5) is 4.39 Å². The van der Waals surface area contributed by atoms with Gasteiger partial charge in [-0.25, -0.2) is 4.39 Å². The number of hydrogen-bond donors (Lipinski definition) is 1. The Labute approximate surface area is 149 Å². The van der Waals surface area contributed by atoms with Gasteiger partial charge in [-0.2, -0.15) is 5.10 Å². The van der Waals surface area contributed by atoms with Crippen molar-refractivity contribution in [2.45, 2.75) is 6.61 Å². The van der Waals surface area contributed by atoms with E-state index >= 15 is 0 Å². The predicted molar refractivity (Wildman–Crippen MR) is 93.6 cm³/mol. The molecule has 26 heavy (non-hydrogen) atoms. The maximum atomic E-state index is 13.0. The molecular formula is C18H16FN5O2. The molecule has 132 valence electrons. The number of nitrogens with one attached hydrogen (secondary N) is 1. The van der Waals surface area contributed by atoms with Gasteiger partial charge in [0.05, 0.1) is 6.21 Å². The molecule has 0 radical (unpaired) electrons. The molecule has 0 spiro atoms. The highest BCUT2D eigenvalue weighted by Gasteiger charge is 2.20. The minimum absolute atomic E-state index is 0.0275. The van der Waals surface area contributed by atoms with E-state index in [0.717, 1.165) is 10.4 Å². The summed E-state index contributed by atoms with van der Waals surface area (Å²) in [5.74, 6) is -0.653. The van der Waals surface area contributed by atoms with E-state index < -0.39 is 5.91 Å². The highest BCUT2D eigenvalue weighted by Crippen LogP contribution is 2.17. The Morgan fingerprint density at radius 3 is 2.65 bits per heavy atom. The van der Waals surface area contributed by atoms with E-state index in [1.165, 1.54) is 25.4 Å². The zero-order chi connectivity index (χ0) is 18.4. The third-order valence-electron chi connectivity index (χ3n) is 3.46. The molecule has 3 aromatic rings. The fourth-order valence-corrected chi connectivity index (χ4v) is 2.12. The first kappa shape index (κ1) is 17.3. The van der Waals surface area contributed by atoms with Gasteiger partial charge in [-0.05, 0) is 28.5 Å². The molecule has 0 atom stereocenters. The first-order valence-electron chi connectivity index (χ1n) is 7.82. The van der Waals surface area contributed by atoms with Gasteiger partial charge in [-0.15, -0.1) is 5.10 Å². The lowest BCUT2D eigenvalue weighted by Gasteiger charge is -2.07. The van der Waals surface area contributed by atoms with E-state index in [9.17, 15) is 9.18 Å². The number of amides is 1. The fourth-order valence-electron chi connectivity index (χ4n) is 2.12. The van der Waals surface area contributed by atoms with Crippen molar-refractivity contribution in [1.29, 1.82) is 0 Å². The lowest BCUT2D eigenvalue weighted by atomic mass is 10.2. The number of hydrogen-bond acceptors (Lipinski definition) is 5. The molecule has 0 unspecified atom stereocenters. The van der Waals surface area contributed by atoms with Gasteiger partial charge in [0.15, 0.2) is 0 Å². The molecule has 1 amide bonds. The fraction of sp³-hybridized carbons (Fsp3) is 0.111. The van der Waals surface area contributed by atoms with Crippen molar-refractivity contribution >= 4 is 12.1 Å². The van der Waals surface area contributed by atoms with E-state index in [4.69, 9.17) is 4.74 Å².